The molecule has 0 saturated carbocycles. The van der Waals surface area contributed by atoms with Gasteiger partial charge in [-0.15, -0.1) is 0 Å². The van der Waals surface area contributed by atoms with Crippen LogP contribution in [-0.2, 0) is 0 Å². The summed E-state index contributed by atoms with van der Waals surface area (Å²) in [6.45, 7) is 4.47. The van der Waals surface area contributed by atoms with Crippen LogP contribution >= 0.6 is 23.2 Å². The number of aromatic amines is 2. The Morgan fingerprint density at radius 1 is 1.00 bits per heavy atom. The molecule has 0 aliphatic rings. The van der Waals surface area contributed by atoms with Crippen LogP contribution < -0.4 is 5.32 Å². The topological polar surface area (TPSA) is 86.5 Å². The van der Waals surface area contributed by atoms with Crippen molar-refractivity contribution >= 4 is 40.1 Å². The normalized spacial score (nSPS) is 12.1. The zero-order chi connectivity index (χ0) is 24.5. The lowest BCUT2D eigenvalue weighted by Gasteiger charge is -2.17. The van der Waals surface area contributed by atoms with Gasteiger partial charge in [0.25, 0.3) is 5.91 Å². The van der Waals surface area contributed by atoms with E-state index < -0.39 is 0 Å². The third-order valence-electron chi connectivity index (χ3n) is 6.22. The van der Waals surface area contributed by atoms with E-state index in [0.717, 1.165) is 33.5 Å². The minimum Gasteiger partial charge on any atom is -0.351 e. The monoisotopic (exact) mass is 503 g/mol. The molecule has 0 fully saturated rings. The van der Waals surface area contributed by atoms with Gasteiger partial charge in [-0.25, -0.2) is 4.98 Å². The van der Waals surface area contributed by atoms with E-state index in [2.05, 4.69) is 46.5 Å². The number of hydrogen-bond donors (Lipinski definition) is 3. The summed E-state index contributed by atoms with van der Waals surface area (Å²) in [5, 5.41) is 10.3. The number of hydrogen-bond acceptors (Lipinski definition) is 3. The molecule has 2 heterocycles. The fraction of sp³-hybridized carbons (Fsp3) is 0.148. The summed E-state index contributed by atoms with van der Waals surface area (Å²) < 4.78 is 0. The first-order chi connectivity index (χ1) is 16.9. The fourth-order valence-corrected chi connectivity index (χ4v) is 4.82. The number of aromatic nitrogens is 4. The van der Waals surface area contributed by atoms with E-state index in [1.807, 2.05) is 30.3 Å². The zero-order valence-electron chi connectivity index (χ0n) is 19.2. The number of carbonyl (C=O) groups excluding carboxylic acids is 1. The summed E-state index contributed by atoms with van der Waals surface area (Å²) in [5.74, 6) is 0.252. The van der Waals surface area contributed by atoms with Crippen LogP contribution in [0.4, 0.5) is 0 Å². The summed E-state index contributed by atoms with van der Waals surface area (Å²) in [4.78, 5) is 21.5. The Morgan fingerprint density at radius 2 is 1.71 bits per heavy atom. The number of aryl methyl sites for hydroxylation is 2. The van der Waals surface area contributed by atoms with Crippen molar-refractivity contribution in [2.24, 2.45) is 0 Å². The van der Waals surface area contributed by atoms with Crippen molar-refractivity contribution in [2.45, 2.75) is 19.8 Å². The van der Waals surface area contributed by atoms with Crippen LogP contribution in [0.15, 0.2) is 67.0 Å². The molecule has 1 amide bonds. The minimum absolute atomic E-state index is 0.184. The van der Waals surface area contributed by atoms with Gasteiger partial charge in [0.1, 0.15) is 5.82 Å². The molecule has 5 rings (SSSR count). The second kappa shape index (κ2) is 9.56. The molecule has 0 radical (unpaired) electrons. The van der Waals surface area contributed by atoms with E-state index >= 15 is 0 Å². The molecule has 0 aliphatic carbocycles. The Labute approximate surface area is 212 Å². The van der Waals surface area contributed by atoms with E-state index in [4.69, 9.17) is 28.2 Å². The predicted octanol–water partition coefficient (Wildman–Crippen LogP) is 6.44. The number of nitrogens with one attached hydrogen (secondary N) is 3. The molecule has 6 nitrogen and oxygen atoms in total. The Morgan fingerprint density at radius 3 is 2.40 bits per heavy atom. The number of fused-ring (bicyclic) bond motifs is 1. The Balaban J connectivity index is 1.44. The van der Waals surface area contributed by atoms with Crippen molar-refractivity contribution in [1.29, 1.82) is 0 Å². The van der Waals surface area contributed by atoms with Gasteiger partial charge in [-0.1, -0.05) is 53.5 Å². The smallest absolute Gasteiger partial charge is 0.254 e. The molecule has 0 bridgehead atoms. The van der Waals surface area contributed by atoms with Gasteiger partial charge in [-0.2, -0.15) is 5.10 Å². The molecular formula is C27H23Cl2N5O. The van der Waals surface area contributed by atoms with Gasteiger partial charge in [0.2, 0.25) is 0 Å². The lowest BCUT2D eigenvalue weighted by Crippen LogP contribution is -2.29. The quantitative estimate of drug-likeness (QED) is 0.249. The highest BCUT2D eigenvalue weighted by molar-refractivity contribution is 6.40. The van der Waals surface area contributed by atoms with E-state index in [9.17, 15) is 4.79 Å². The first kappa shape index (κ1) is 23.1. The zero-order valence-corrected chi connectivity index (χ0v) is 20.7. The molecule has 0 aliphatic heterocycles. The number of carbonyl (C=O) groups is 1. The van der Waals surface area contributed by atoms with E-state index in [-0.39, 0.29) is 27.4 Å². The van der Waals surface area contributed by atoms with Crippen molar-refractivity contribution in [3.63, 3.8) is 0 Å². The number of H-pyrrole nitrogens is 2. The molecule has 3 N–H and O–H groups in total. The van der Waals surface area contributed by atoms with Crippen LogP contribution in [0.5, 0.6) is 0 Å². The second-order valence-corrected chi connectivity index (χ2v) is 9.37. The van der Waals surface area contributed by atoms with Gasteiger partial charge in [-0.05, 0) is 60.4 Å². The molecule has 8 heteroatoms. The van der Waals surface area contributed by atoms with Crippen molar-refractivity contribution in [1.82, 2.24) is 25.5 Å². The molecule has 1 atom stereocenters. The number of benzene rings is 3. The molecule has 0 saturated heterocycles. The number of halogens is 2. The summed E-state index contributed by atoms with van der Waals surface area (Å²) in [7, 11) is 0. The van der Waals surface area contributed by atoms with Gasteiger partial charge in [-0.3, -0.25) is 9.89 Å². The average molecular weight is 504 g/mol. The first-order valence-electron chi connectivity index (χ1n) is 11.2. The number of nitrogens with zero attached hydrogens (tertiary/aromatic N) is 2. The Hall–Kier alpha value is -3.61. The average Bonchev–Trinajstić information content (AvgIpc) is 3.50. The molecular weight excluding hydrogens is 481 g/mol. The summed E-state index contributed by atoms with van der Waals surface area (Å²) in [6.07, 6.45) is 3.41. The van der Waals surface area contributed by atoms with Crippen molar-refractivity contribution in [3.8, 4) is 11.1 Å². The van der Waals surface area contributed by atoms with Crippen LogP contribution in [0.2, 0.25) is 10.0 Å². The lowest BCUT2D eigenvalue weighted by molar-refractivity contribution is 0.0952. The van der Waals surface area contributed by atoms with Gasteiger partial charge in [0, 0.05) is 18.3 Å². The molecule has 3 aromatic carbocycles. The van der Waals surface area contributed by atoms with E-state index in [1.165, 1.54) is 11.1 Å². The maximum absolute atomic E-state index is 13.2. The summed E-state index contributed by atoms with van der Waals surface area (Å²) >= 11 is 13.0. The third-order valence-corrected chi connectivity index (χ3v) is 6.81. The number of imidazole rings is 1. The van der Waals surface area contributed by atoms with E-state index in [1.54, 1.807) is 24.5 Å². The van der Waals surface area contributed by atoms with Gasteiger partial charge < -0.3 is 10.3 Å². The minimum atomic E-state index is -0.345. The summed E-state index contributed by atoms with van der Waals surface area (Å²) in [5.41, 5.74) is 7.13. The predicted molar refractivity (Wildman–Crippen MR) is 140 cm³/mol. The van der Waals surface area contributed by atoms with E-state index in [0.29, 0.717) is 6.54 Å². The third kappa shape index (κ3) is 4.67. The Bertz CT molecular complexity index is 1450. The largest absolute Gasteiger partial charge is 0.351 e. The molecule has 35 heavy (non-hydrogen) atoms. The van der Waals surface area contributed by atoms with Crippen LogP contribution in [0.3, 0.4) is 0 Å². The number of rotatable bonds is 6. The molecule has 0 spiro atoms. The van der Waals surface area contributed by atoms with Crippen molar-refractivity contribution in [3.05, 3.63) is 105 Å². The molecule has 2 aromatic heterocycles. The van der Waals surface area contributed by atoms with Crippen LogP contribution in [0.1, 0.15) is 38.8 Å². The number of amides is 1. The van der Waals surface area contributed by atoms with Crippen LogP contribution in [0.25, 0.3) is 22.2 Å². The lowest BCUT2D eigenvalue weighted by atomic mass is 9.98. The maximum atomic E-state index is 13.2. The van der Waals surface area contributed by atoms with Gasteiger partial charge in [0.15, 0.2) is 0 Å². The first-order valence-corrected chi connectivity index (χ1v) is 11.9. The fourth-order valence-electron chi connectivity index (χ4n) is 4.16. The standard InChI is InChI=1S/C27H23Cl2N5O/c1-15-8-23-24(9-16(15)2)34-26(33-23)20(17-6-4-3-5-7-17)14-30-27(35)25-21(28)10-18(11-22(25)29)19-12-31-32-13-19/h3-13,20H,14H2,1-2H3,(H,30,35)(H,31,32)(H,33,34). The van der Waals surface area contributed by atoms with Crippen molar-refractivity contribution < 1.29 is 4.79 Å². The second-order valence-electron chi connectivity index (χ2n) is 8.55. The maximum Gasteiger partial charge on any atom is 0.254 e. The highest BCUT2D eigenvalue weighted by Gasteiger charge is 2.22. The van der Waals surface area contributed by atoms with Gasteiger partial charge >= 0.3 is 0 Å². The highest BCUT2D eigenvalue weighted by atomic mass is 35.5. The summed E-state index contributed by atoms with van der Waals surface area (Å²) in [6, 6.07) is 17.6. The highest BCUT2D eigenvalue weighted by Crippen LogP contribution is 2.32. The Kier molecular flexibility index (Phi) is 6.32. The van der Waals surface area contributed by atoms with Gasteiger partial charge in [0.05, 0.1) is 38.8 Å². The SMILES string of the molecule is Cc1cc2nc(C(CNC(=O)c3c(Cl)cc(-c4cn[nH]c4)cc3Cl)c3ccccc3)[nH]c2cc1C. The molecule has 1 unspecified atom stereocenters. The van der Waals surface area contributed by atoms with Crippen LogP contribution in [-0.4, -0.2) is 32.6 Å². The van der Waals surface area contributed by atoms with Crippen molar-refractivity contribution in [2.75, 3.05) is 6.54 Å². The van der Waals surface area contributed by atoms with Crippen LogP contribution in [0, 0.1) is 13.8 Å². The molecule has 176 valence electrons. The molecule has 5 aromatic rings.